The zero-order valence-corrected chi connectivity index (χ0v) is 11.0. The van der Waals surface area contributed by atoms with Crippen molar-refractivity contribution in [1.29, 1.82) is 0 Å². The van der Waals surface area contributed by atoms with Crippen LogP contribution in [0.3, 0.4) is 0 Å². The number of nitrogens with one attached hydrogen (secondary N) is 1. The summed E-state index contributed by atoms with van der Waals surface area (Å²) in [6.45, 7) is 0.471. The molecule has 0 saturated heterocycles. The zero-order valence-electron chi connectivity index (χ0n) is 11.0. The number of para-hydroxylation sites is 2. The molecule has 5 heteroatoms. The number of hydrogen-bond acceptors (Lipinski definition) is 5. The smallest absolute Gasteiger partial charge is 0.161 e. The third-order valence-corrected chi connectivity index (χ3v) is 3.35. The van der Waals surface area contributed by atoms with Crippen molar-refractivity contribution < 1.29 is 9.47 Å². The van der Waals surface area contributed by atoms with Crippen LogP contribution in [0, 0.1) is 0 Å². The minimum absolute atomic E-state index is 0.0572. The highest BCUT2D eigenvalue weighted by Gasteiger charge is 2.28. The first-order chi connectivity index (χ1) is 9.86. The summed E-state index contributed by atoms with van der Waals surface area (Å²) < 4.78 is 11.7. The Bertz CT molecular complexity index is 562. The highest BCUT2D eigenvalue weighted by Crippen LogP contribution is 2.31. The van der Waals surface area contributed by atoms with Gasteiger partial charge in [0.05, 0.1) is 6.04 Å². The van der Waals surface area contributed by atoms with E-state index in [1.54, 1.807) is 6.20 Å². The number of hydrazine groups is 1. The molecule has 3 N–H and O–H groups in total. The van der Waals surface area contributed by atoms with E-state index < -0.39 is 0 Å². The lowest BCUT2D eigenvalue weighted by molar-refractivity contribution is 0.0617. The standard InChI is InChI=1S/C15H17N3O2/c16-18-12(9-11-5-3-4-8-17-11)15-10-19-13-6-1-2-7-14(13)20-15/h1-8,12,15,18H,9-10,16H2. The number of nitrogens with two attached hydrogens (primary N) is 1. The number of pyridine rings is 1. The fourth-order valence-electron chi connectivity index (χ4n) is 2.28. The van der Waals surface area contributed by atoms with E-state index in [-0.39, 0.29) is 12.1 Å². The minimum Gasteiger partial charge on any atom is -0.486 e. The third-order valence-electron chi connectivity index (χ3n) is 3.35. The van der Waals surface area contributed by atoms with E-state index >= 15 is 0 Å². The van der Waals surface area contributed by atoms with Crippen molar-refractivity contribution in [2.75, 3.05) is 6.61 Å². The molecule has 1 aromatic carbocycles. The molecule has 2 unspecified atom stereocenters. The van der Waals surface area contributed by atoms with E-state index in [0.29, 0.717) is 13.0 Å². The molecule has 2 atom stereocenters. The highest BCUT2D eigenvalue weighted by molar-refractivity contribution is 5.40. The zero-order chi connectivity index (χ0) is 13.8. The van der Waals surface area contributed by atoms with Crippen LogP contribution < -0.4 is 20.7 Å². The Kier molecular flexibility index (Phi) is 3.80. The molecule has 0 fully saturated rings. The van der Waals surface area contributed by atoms with E-state index in [1.807, 2.05) is 42.5 Å². The molecule has 1 aliphatic heterocycles. The SMILES string of the molecule is NNC(Cc1ccccn1)C1COc2ccccc2O1. The van der Waals surface area contributed by atoms with Crippen LogP contribution in [0.25, 0.3) is 0 Å². The summed E-state index contributed by atoms with van der Waals surface area (Å²) in [4.78, 5) is 4.31. The molecule has 1 aliphatic rings. The molecule has 0 aliphatic carbocycles. The van der Waals surface area contributed by atoms with E-state index in [9.17, 15) is 0 Å². The van der Waals surface area contributed by atoms with Crippen LogP contribution in [0.5, 0.6) is 11.5 Å². The molecule has 0 saturated carbocycles. The van der Waals surface area contributed by atoms with E-state index in [2.05, 4.69) is 10.4 Å². The van der Waals surface area contributed by atoms with Gasteiger partial charge in [-0.25, -0.2) is 0 Å². The van der Waals surface area contributed by atoms with Crippen LogP contribution in [0.1, 0.15) is 5.69 Å². The molecule has 0 amide bonds. The summed E-state index contributed by atoms with van der Waals surface area (Å²) in [5.41, 5.74) is 3.78. The fraction of sp³-hybridized carbons (Fsp3) is 0.267. The monoisotopic (exact) mass is 271 g/mol. The van der Waals surface area contributed by atoms with Crippen LogP contribution in [0.4, 0.5) is 0 Å². The predicted molar refractivity (Wildman–Crippen MR) is 75.4 cm³/mol. The van der Waals surface area contributed by atoms with Crippen LogP contribution in [-0.4, -0.2) is 23.7 Å². The normalized spacial score (nSPS) is 18.6. The Morgan fingerprint density at radius 3 is 2.75 bits per heavy atom. The van der Waals surface area contributed by atoms with E-state index in [0.717, 1.165) is 17.2 Å². The number of nitrogens with zero attached hydrogens (tertiary/aromatic N) is 1. The Morgan fingerprint density at radius 1 is 1.20 bits per heavy atom. The molecule has 2 aromatic rings. The minimum atomic E-state index is -0.142. The fourth-order valence-corrected chi connectivity index (χ4v) is 2.28. The Morgan fingerprint density at radius 2 is 2.00 bits per heavy atom. The van der Waals surface area contributed by atoms with Gasteiger partial charge in [0, 0.05) is 18.3 Å². The molecule has 0 spiro atoms. The number of aromatic nitrogens is 1. The first-order valence-corrected chi connectivity index (χ1v) is 6.61. The van der Waals surface area contributed by atoms with Crippen LogP contribution in [0.15, 0.2) is 48.7 Å². The van der Waals surface area contributed by atoms with Gasteiger partial charge < -0.3 is 9.47 Å². The maximum Gasteiger partial charge on any atom is 0.161 e. The Hall–Kier alpha value is -2.11. The van der Waals surface area contributed by atoms with Crippen LogP contribution in [-0.2, 0) is 6.42 Å². The summed E-state index contributed by atoms with van der Waals surface area (Å²) >= 11 is 0. The quantitative estimate of drug-likeness (QED) is 0.648. The van der Waals surface area contributed by atoms with Gasteiger partial charge in [0.1, 0.15) is 12.7 Å². The van der Waals surface area contributed by atoms with Gasteiger partial charge in [-0.3, -0.25) is 16.3 Å². The average molecular weight is 271 g/mol. The Labute approximate surface area is 117 Å². The van der Waals surface area contributed by atoms with Gasteiger partial charge in [-0.15, -0.1) is 0 Å². The lowest BCUT2D eigenvalue weighted by Crippen LogP contribution is -2.51. The molecule has 5 nitrogen and oxygen atoms in total. The number of hydrogen-bond donors (Lipinski definition) is 2. The van der Waals surface area contributed by atoms with Gasteiger partial charge in [0.25, 0.3) is 0 Å². The summed E-state index contributed by atoms with van der Waals surface area (Å²) in [6, 6.07) is 13.4. The van der Waals surface area contributed by atoms with Crippen LogP contribution >= 0.6 is 0 Å². The summed E-state index contributed by atoms with van der Waals surface area (Å²) in [7, 11) is 0. The van der Waals surface area contributed by atoms with Crippen molar-refractivity contribution in [1.82, 2.24) is 10.4 Å². The van der Waals surface area contributed by atoms with Gasteiger partial charge in [-0.05, 0) is 24.3 Å². The molecular formula is C15H17N3O2. The van der Waals surface area contributed by atoms with Gasteiger partial charge in [-0.2, -0.15) is 0 Å². The number of benzene rings is 1. The molecule has 2 heterocycles. The Balaban J connectivity index is 1.72. The van der Waals surface area contributed by atoms with Crippen molar-refractivity contribution in [2.45, 2.75) is 18.6 Å². The molecule has 104 valence electrons. The van der Waals surface area contributed by atoms with E-state index in [4.69, 9.17) is 15.3 Å². The maximum atomic E-state index is 5.96. The predicted octanol–water partition coefficient (Wildman–Crippen LogP) is 1.30. The molecule has 20 heavy (non-hydrogen) atoms. The van der Waals surface area contributed by atoms with Crippen LogP contribution in [0.2, 0.25) is 0 Å². The molecule has 0 radical (unpaired) electrons. The van der Waals surface area contributed by atoms with Crippen molar-refractivity contribution in [3.8, 4) is 11.5 Å². The van der Waals surface area contributed by atoms with Crippen molar-refractivity contribution >= 4 is 0 Å². The molecule has 1 aromatic heterocycles. The van der Waals surface area contributed by atoms with Gasteiger partial charge >= 0.3 is 0 Å². The number of rotatable bonds is 4. The number of fused-ring (bicyclic) bond motifs is 1. The first-order valence-electron chi connectivity index (χ1n) is 6.61. The largest absolute Gasteiger partial charge is 0.486 e. The second-order valence-electron chi connectivity index (χ2n) is 4.71. The van der Waals surface area contributed by atoms with Crippen molar-refractivity contribution in [3.05, 3.63) is 54.4 Å². The highest BCUT2D eigenvalue weighted by atomic mass is 16.6. The topological polar surface area (TPSA) is 69.4 Å². The number of ether oxygens (including phenoxy) is 2. The third kappa shape index (κ3) is 2.74. The lowest BCUT2D eigenvalue weighted by Gasteiger charge is -2.31. The molecular weight excluding hydrogens is 254 g/mol. The summed E-state index contributed by atoms with van der Waals surface area (Å²) in [6.07, 6.45) is 2.32. The van der Waals surface area contributed by atoms with Gasteiger partial charge in [-0.1, -0.05) is 18.2 Å². The van der Waals surface area contributed by atoms with Gasteiger partial charge in [0.2, 0.25) is 0 Å². The molecule has 0 bridgehead atoms. The summed E-state index contributed by atoms with van der Waals surface area (Å²) in [5.74, 6) is 7.19. The lowest BCUT2D eigenvalue weighted by atomic mass is 10.1. The average Bonchev–Trinajstić information content (AvgIpc) is 2.53. The maximum absolute atomic E-state index is 5.96. The second kappa shape index (κ2) is 5.90. The van der Waals surface area contributed by atoms with Crippen molar-refractivity contribution in [3.63, 3.8) is 0 Å². The molecule has 3 rings (SSSR count). The second-order valence-corrected chi connectivity index (χ2v) is 4.71. The summed E-state index contributed by atoms with van der Waals surface area (Å²) in [5, 5.41) is 0. The van der Waals surface area contributed by atoms with Gasteiger partial charge in [0.15, 0.2) is 11.5 Å². The van der Waals surface area contributed by atoms with Crippen molar-refractivity contribution in [2.24, 2.45) is 5.84 Å². The van der Waals surface area contributed by atoms with E-state index in [1.165, 1.54) is 0 Å². The first kappa shape index (κ1) is 12.9.